The number of rotatable bonds is 8. The topological polar surface area (TPSA) is 66.8 Å². The van der Waals surface area contributed by atoms with E-state index in [1.807, 2.05) is 0 Å². The first-order valence-corrected chi connectivity index (χ1v) is 5.50. The lowest BCUT2D eigenvalue weighted by Crippen LogP contribution is -2.30. The SMILES string of the molecule is CCCCCOC(=O)C[C@](C)(O)CCO. The first-order chi connectivity index (χ1) is 7.02. The molecule has 0 fully saturated rings. The Morgan fingerprint density at radius 2 is 2.07 bits per heavy atom. The molecule has 0 spiro atoms. The molecule has 90 valence electrons. The normalized spacial score (nSPS) is 14.7. The van der Waals surface area contributed by atoms with Crippen molar-refractivity contribution in [2.75, 3.05) is 13.2 Å². The lowest BCUT2D eigenvalue weighted by molar-refractivity contribution is -0.149. The van der Waals surface area contributed by atoms with Crippen molar-refractivity contribution in [2.45, 2.75) is 51.6 Å². The van der Waals surface area contributed by atoms with Crippen molar-refractivity contribution in [1.82, 2.24) is 0 Å². The van der Waals surface area contributed by atoms with Crippen LogP contribution in [0.1, 0.15) is 46.0 Å². The Morgan fingerprint density at radius 3 is 2.60 bits per heavy atom. The van der Waals surface area contributed by atoms with Crippen LogP contribution in [0.3, 0.4) is 0 Å². The van der Waals surface area contributed by atoms with Crippen LogP contribution >= 0.6 is 0 Å². The highest BCUT2D eigenvalue weighted by Gasteiger charge is 2.24. The summed E-state index contributed by atoms with van der Waals surface area (Å²) in [6, 6.07) is 0. The summed E-state index contributed by atoms with van der Waals surface area (Å²) in [7, 11) is 0. The fraction of sp³-hybridized carbons (Fsp3) is 0.909. The molecule has 4 heteroatoms. The predicted molar refractivity (Wildman–Crippen MR) is 57.4 cm³/mol. The zero-order chi connectivity index (χ0) is 11.7. The van der Waals surface area contributed by atoms with E-state index in [1.54, 1.807) is 0 Å². The Kier molecular flexibility index (Phi) is 7.34. The maximum Gasteiger partial charge on any atom is 0.308 e. The fourth-order valence-electron chi connectivity index (χ4n) is 1.23. The van der Waals surface area contributed by atoms with Crippen LogP contribution in [-0.2, 0) is 9.53 Å². The predicted octanol–water partition coefficient (Wildman–Crippen LogP) is 1.24. The van der Waals surface area contributed by atoms with Crippen molar-refractivity contribution in [3.8, 4) is 0 Å². The van der Waals surface area contributed by atoms with Gasteiger partial charge < -0.3 is 14.9 Å². The Labute approximate surface area is 91.3 Å². The second-order valence-corrected chi connectivity index (χ2v) is 4.07. The molecule has 4 nitrogen and oxygen atoms in total. The highest BCUT2D eigenvalue weighted by molar-refractivity contribution is 5.70. The van der Waals surface area contributed by atoms with Gasteiger partial charge in [-0.15, -0.1) is 0 Å². The van der Waals surface area contributed by atoms with E-state index in [4.69, 9.17) is 9.84 Å². The molecule has 1 atom stereocenters. The molecule has 0 saturated heterocycles. The van der Waals surface area contributed by atoms with Gasteiger partial charge in [-0.25, -0.2) is 0 Å². The van der Waals surface area contributed by atoms with Crippen LogP contribution in [0.25, 0.3) is 0 Å². The van der Waals surface area contributed by atoms with Gasteiger partial charge in [0.2, 0.25) is 0 Å². The molecule has 0 amide bonds. The average Bonchev–Trinajstić information content (AvgIpc) is 2.11. The minimum Gasteiger partial charge on any atom is -0.466 e. The molecule has 0 aliphatic rings. The molecular formula is C11H22O4. The van der Waals surface area contributed by atoms with E-state index >= 15 is 0 Å². The Bertz CT molecular complexity index is 177. The van der Waals surface area contributed by atoms with Gasteiger partial charge in [-0.2, -0.15) is 0 Å². The molecule has 0 aliphatic heterocycles. The van der Waals surface area contributed by atoms with E-state index in [0.29, 0.717) is 6.61 Å². The van der Waals surface area contributed by atoms with Gasteiger partial charge in [0, 0.05) is 6.61 Å². The van der Waals surface area contributed by atoms with E-state index in [2.05, 4.69) is 6.92 Å². The highest BCUT2D eigenvalue weighted by atomic mass is 16.5. The number of carbonyl (C=O) groups excluding carboxylic acids is 1. The van der Waals surface area contributed by atoms with Crippen molar-refractivity contribution in [1.29, 1.82) is 0 Å². The molecule has 0 bridgehead atoms. The zero-order valence-corrected chi connectivity index (χ0v) is 9.66. The molecule has 0 aliphatic carbocycles. The van der Waals surface area contributed by atoms with Crippen LogP contribution in [0.4, 0.5) is 0 Å². The second-order valence-electron chi connectivity index (χ2n) is 4.07. The maximum absolute atomic E-state index is 11.2. The van der Waals surface area contributed by atoms with Gasteiger partial charge in [-0.1, -0.05) is 19.8 Å². The van der Waals surface area contributed by atoms with Crippen molar-refractivity contribution in [2.24, 2.45) is 0 Å². The van der Waals surface area contributed by atoms with Gasteiger partial charge >= 0.3 is 5.97 Å². The van der Waals surface area contributed by atoms with Gasteiger partial charge in [0.05, 0.1) is 18.6 Å². The molecule has 0 saturated carbocycles. The lowest BCUT2D eigenvalue weighted by atomic mass is 9.99. The summed E-state index contributed by atoms with van der Waals surface area (Å²) in [5.74, 6) is -0.399. The summed E-state index contributed by atoms with van der Waals surface area (Å²) in [6.45, 7) is 3.89. The van der Waals surface area contributed by atoms with E-state index in [-0.39, 0.29) is 19.4 Å². The number of ether oxygens (including phenoxy) is 1. The lowest BCUT2D eigenvalue weighted by Gasteiger charge is -2.20. The summed E-state index contributed by atoms with van der Waals surface area (Å²) in [5.41, 5.74) is -1.16. The molecule has 2 N–H and O–H groups in total. The standard InChI is InChI=1S/C11H22O4/c1-3-4-5-8-15-10(13)9-11(2,14)6-7-12/h12,14H,3-9H2,1-2H3/t11-/m1/s1. The number of aliphatic hydroxyl groups is 2. The summed E-state index contributed by atoms with van der Waals surface area (Å²) in [5, 5.41) is 18.3. The van der Waals surface area contributed by atoms with E-state index in [9.17, 15) is 9.90 Å². The summed E-state index contributed by atoms with van der Waals surface area (Å²) in [4.78, 5) is 11.2. The van der Waals surface area contributed by atoms with Crippen LogP contribution in [-0.4, -0.2) is 35.0 Å². The van der Waals surface area contributed by atoms with Crippen LogP contribution < -0.4 is 0 Å². The van der Waals surface area contributed by atoms with Crippen LogP contribution in [0, 0.1) is 0 Å². The Morgan fingerprint density at radius 1 is 1.40 bits per heavy atom. The van der Waals surface area contributed by atoms with E-state index in [0.717, 1.165) is 19.3 Å². The third-order valence-corrected chi connectivity index (χ3v) is 2.19. The largest absolute Gasteiger partial charge is 0.466 e. The van der Waals surface area contributed by atoms with Crippen molar-refractivity contribution < 1.29 is 19.7 Å². The average molecular weight is 218 g/mol. The van der Waals surface area contributed by atoms with Gasteiger partial charge in [-0.05, 0) is 19.8 Å². The van der Waals surface area contributed by atoms with Gasteiger partial charge in [-0.3, -0.25) is 4.79 Å². The zero-order valence-electron chi connectivity index (χ0n) is 9.66. The molecule has 0 heterocycles. The number of unbranched alkanes of at least 4 members (excludes halogenated alkanes) is 2. The van der Waals surface area contributed by atoms with Gasteiger partial charge in [0.15, 0.2) is 0 Å². The number of hydrogen-bond donors (Lipinski definition) is 2. The van der Waals surface area contributed by atoms with Crippen LogP contribution in [0.5, 0.6) is 0 Å². The maximum atomic E-state index is 11.2. The van der Waals surface area contributed by atoms with E-state index < -0.39 is 11.6 Å². The molecular weight excluding hydrogens is 196 g/mol. The first-order valence-electron chi connectivity index (χ1n) is 5.50. The third-order valence-electron chi connectivity index (χ3n) is 2.19. The molecule has 0 unspecified atom stereocenters. The smallest absolute Gasteiger partial charge is 0.308 e. The van der Waals surface area contributed by atoms with Crippen molar-refractivity contribution in [3.63, 3.8) is 0 Å². The minimum absolute atomic E-state index is 0.0559. The third kappa shape index (κ3) is 8.39. The molecule has 0 rings (SSSR count). The van der Waals surface area contributed by atoms with Gasteiger partial charge in [0.25, 0.3) is 0 Å². The number of carbonyl (C=O) groups is 1. The number of esters is 1. The number of aliphatic hydroxyl groups excluding tert-OH is 1. The molecule has 0 radical (unpaired) electrons. The van der Waals surface area contributed by atoms with Crippen molar-refractivity contribution in [3.05, 3.63) is 0 Å². The second kappa shape index (κ2) is 7.65. The summed E-state index contributed by atoms with van der Waals surface area (Å²) >= 11 is 0. The quantitative estimate of drug-likeness (QED) is 0.475. The van der Waals surface area contributed by atoms with Gasteiger partial charge in [0.1, 0.15) is 0 Å². The number of hydrogen-bond acceptors (Lipinski definition) is 4. The fourth-order valence-corrected chi connectivity index (χ4v) is 1.23. The molecule has 0 aromatic rings. The highest BCUT2D eigenvalue weighted by Crippen LogP contribution is 2.14. The molecule has 15 heavy (non-hydrogen) atoms. The Balaban J connectivity index is 3.63. The van der Waals surface area contributed by atoms with Crippen LogP contribution in [0.2, 0.25) is 0 Å². The Hall–Kier alpha value is -0.610. The summed E-state index contributed by atoms with van der Waals surface area (Å²) in [6.07, 6.45) is 3.13. The monoisotopic (exact) mass is 218 g/mol. The summed E-state index contributed by atoms with van der Waals surface area (Å²) < 4.78 is 4.95. The van der Waals surface area contributed by atoms with Crippen LogP contribution in [0.15, 0.2) is 0 Å². The van der Waals surface area contributed by atoms with E-state index in [1.165, 1.54) is 6.92 Å². The first kappa shape index (κ1) is 14.4. The molecule has 0 aromatic carbocycles. The minimum atomic E-state index is -1.16. The van der Waals surface area contributed by atoms with Crippen molar-refractivity contribution >= 4 is 5.97 Å². The molecule has 0 aromatic heterocycles.